The van der Waals surface area contributed by atoms with E-state index in [0.29, 0.717) is 16.9 Å². The largest absolute Gasteiger partial charge is 0.312 e. The van der Waals surface area contributed by atoms with Gasteiger partial charge in [-0.25, -0.2) is 13.4 Å². The molecule has 5 aromatic rings. The van der Waals surface area contributed by atoms with Gasteiger partial charge in [0.15, 0.2) is 11.8 Å². The molecule has 0 aliphatic heterocycles. The summed E-state index contributed by atoms with van der Waals surface area (Å²) in [6.07, 6.45) is 1.74. The van der Waals surface area contributed by atoms with Crippen molar-refractivity contribution in [2.45, 2.75) is 4.90 Å². The molecule has 2 aromatic heterocycles. The highest BCUT2D eigenvalue weighted by molar-refractivity contribution is 7.92. The minimum absolute atomic E-state index is 0.155. The maximum absolute atomic E-state index is 12.9. The fourth-order valence-corrected chi connectivity index (χ4v) is 4.22. The normalized spacial score (nSPS) is 11.7. The van der Waals surface area contributed by atoms with Gasteiger partial charge in [0.1, 0.15) is 16.6 Å². The van der Waals surface area contributed by atoms with E-state index >= 15 is 0 Å². The Morgan fingerprint density at radius 1 is 0.793 bits per heavy atom. The third-order valence-corrected chi connectivity index (χ3v) is 5.93. The molecule has 0 amide bonds. The van der Waals surface area contributed by atoms with Gasteiger partial charge in [0.25, 0.3) is 10.0 Å². The van der Waals surface area contributed by atoms with Crippen LogP contribution in [0.3, 0.4) is 0 Å². The van der Waals surface area contributed by atoms with Crippen LogP contribution in [-0.4, -0.2) is 23.4 Å². The molecular formula is C21H16N5O2S+. The third-order valence-electron chi connectivity index (χ3n) is 4.58. The zero-order chi connectivity index (χ0) is 19.8. The first-order valence-electron chi connectivity index (χ1n) is 8.95. The number of aromatic amines is 1. The number of para-hydroxylation sites is 4. The van der Waals surface area contributed by atoms with E-state index in [4.69, 9.17) is 4.98 Å². The van der Waals surface area contributed by atoms with Crippen LogP contribution < -0.4 is 9.29 Å². The standard InChI is InChI=1S/C21H15N5O2S/c27-29(28,15-8-2-1-3-9-15)25-20-21(24-17-11-5-4-10-16(17)23-20)26-14-22-18-12-6-7-13-19(18)26/h1-14H,(H,23,25)/p+1. The van der Waals surface area contributed by atoms with Crippen LogP contribution in [0.5, 0.6) is 0 Å². The second-order valence-corrected chi connectivity index (χ2v) is 8.15. The number of rotatable bonds is 4. The minimum Gasteiger partial charge on any atom is -0.276 e. The highest BCUT2D eigenvalue weighted by atomic mass is 32.2. The molecule has 0 aliphatic carbocycles. The van der Waals surface area contributed by atoms with Crippen LogP contribution in [-0.2, 0) is 10.0 Å². The summed E-state index contributed by atoms with van der Waals surface area (Å²) < 4.78 is 30.3. The van der Waals surface area contributed by atoms with E-state index in [1.165, 1.54) is 12.1 Å². The second-order valence-electron chi connectivity index (χ2n) is 6.46. The topological polar surface area (TPSA) is 91.6 Å². The lowest BCUT2D eigenvalue weighted by Crippen LogP contribution is -2.32. The number of fused-ring (bicyclic) bond motifs is 2. The summed E-state index contributed by atoms with van der Waals surface area (Å²) in [5.41, 5.74) is 3.03. The Balaban J connectivity index is 1.73. The Kier molecular flexibility index (Phi) is 3.99. The van der Waals surface area contributed by atoms with Gasteiger partial charge in [-0.1, -0.05) is 47.4 Å². The summed E-state index contributed by atoms with van der Waals surface area (Å²) in [5.74, 6) is 0.544. The molecule has 0 spiro atoms. The first kappa shape index (κ1) is 17.3. The monoisotopic (exact) mass is 402 g/mol. The van der Waals surface area contributed by atoms with Gasteiger partial charge in [0.05, 0.1) is 4.90 Å². The highest BCUT2D eigenvalue weighted by Crippen LogP contribution is 2.22. The number of anilines is 1. The SMILES string of the molecule is O=S(=O)(Nc1nc2ccccc2nc1-[n+]1c[nH]c2ccccc21)c1ccccc1. The molecule has 7 nitrogen and oxygen atoms in total. The lowest BCUT2D eigenvalue weighted by molar-refractivity contribution is -0.570. The van der Waals surface area contributed by atoms with E-state index in [0.717, 1.165) is 11.0 Å². The van der Waals surface area contributed by atoms with Crippen LogP contribution in [0.1, 0.15) is 0 Å². The van der Waals surface area contributed by atoms with Crippen molar-refractivity contribution in [3.63, 3.8) is 0 Å². The fourth-order valence-electron chi connectivity index (χ4n) is 3.20. The maximum atomic E-state index is 12.9. The number of nitrogens with zero attached hydrogens (tertiary/aromatic N) is 3. The maximum Gasteiger partial charge on any atom is 0.312 e. The van der Waals surface area contributed by atoms with Crippen LogP contribution in [0.4, 0.5) is 5.82 Å². The van der Waals surface area contributed by atoms with Crippen molar-refractivity contribution in [3.05, 3.63) is 85.2 Å². The number of H-pyrrole nitrogens is 1. The van der Waals surface area contributed by atoms with E-state index in [9.17, 15) is 8.42 Å². The molecule has 5 rings (SSSR count). The molecule has 142 valence electrons. The third kappa shape index (κ3) is 3.09. The molecule has 0 aliphatic rings. The van der Waals surface area contributed by atoms with Crippen LogP contribution >= 0.6 is 0 Å². The minimum atomic E-state index is -3.82. The summed E-state index contributed by atoms with van der Waals surface area (Å²) in [6.45, 7) is 0. The first-order chi connectivity index (χ1) is 14.1. The Labute approximate surface area is 166 Å². The number of sulfonamides is 1. The van der Waals surface area contributed by atoms with Gasteiger partial charge in [0, 0.05) is 0 Å². The predicted molar refractivity (Wildman–Crippen MR) is 110 cm³/mol. The molecule has 0 radical (unpaired) electrons. The van der Waals surface area contributed by atoms with Crippen molar-refractivity contribution in [3.8, 4) is 5.82 Å². The van der Waals surface area contributed by atoms with Gasteiger partial charge in [-0.05, 0) is 36.4 Å². The van der Waals surface area contributed by atoms with Crippen LogP contribution in [0.25, 0.3) is 27.9 Å². The number of benzene rings is 3. The Morgan fingerprint density at radius 3 is 2.24 bits per heavy atom. The number of hydrogen-bond donors (Lipinski definition) is 2. The van der Waals surface area contributed by atoms with Crippen molar-refractivity contribution in [2.75, 3.05) is 4.72 Å². The van der Waals surface area contributed by atoms with E-state index in [1.54, 1.807) is 35.2 Å². The fraction of sp³-hybridized carbons (Fsp3) is 0. The van der Waals surface area contributed by atoms with Gasteiger partial charge < -0.3 is 0 Å². The van der Waals surface area contributed by atoms with Crippen LogP contribution in [0.2, 0.25) is 0 Å². The van der Waals surface area contributed by atoms with Crippen molar-refractivity contribution >= 4 is 37.9 Å². The Hall–Kier alpha value is -3.78. The zero-order valence-electron chi connectivity index (χ0n) is 15.1. The Bertz CT molecular complexity index is 1450. The molecule has 2 heterocycles. The zero-order valence-corrected chi connectivity index (χ0v) is 16.0. The lowest BCUT2D eigenvalue weighted by atomic mass is 10.3. The molecule has 0 bridgehead atoms. The molecule has 0 saturated heterocycles. The predicted octanol–water partition coefficient (Wildman–Crippen LogP) is 3.19. The number of nitrogens with one attached hydrogen (secondary N) is 2. The van der Waals surface area contributed by atoms with E-state index in [-0.39, 0.29) is 10.7 Å². The average Bonchev–Trinajstić information content (AvgIpc) is 3.18. The molecular weight excluding hydrogens is 386 g/mol. The summed E-state index contributed by atoms with van der Waals surface area (Å²) in [7, 11) is -3.82. The molecule has 0 unspecified atom stereocenters. The van der Waals surface area contributed by atoms with Crippen LogP contribution in [0, 0.1) is 0 Å². The number of imidazole rings is 1. The van der Waals surface area contributed by atoms with E-state index in [1.807, 2.05) is 42.5 Å². The summed E-state index contributed by atoms with van der Waals surface area (Å²) in [6, 6.07) is 23.2. The number of hydrogen-bond acceptors (Lipinski definition) is 4. The highest BCUT2D eigenvalue weighted by Gasteiger charge is 2.24. The smallest absolute Gasteiger partial charge is 0.276 e. The molecule has 0 fully saturated rings. The van der Waals surface area contributed by atoms with Gasteiger partial charge in [-0.15, -0.1) is 0 Å². The van der Waals surface area contributed by atoms with Gasteiger partial charge in [0.2, 0.25) is 5.82 Å². The molecule has 0 saturated carbocycles. The van der Waals surface area contributed by atoms with Crippen LogP contribution in [0.15, 0.2) is 90.1 Å². The van der Waals surface area contributed by atoms with Crippen molar-refractivity contribution < 1.29 is 13.0 Å². The molecule has 29 heavy (non-hydrogen) atoms. The number of aromatic nitrogens is 4. The van der Waals surface area contributed by atoms with Gasteiger partial charge >= 0.3 is 5.82 Å². The summed E-state index contributed by atoms with van der Waals surface area (Å²) >= 11 is 0. The Morgan fingerprint density at radius 2 is 1.45 bits per heavy atom. The first-order valence-corrected chi connectivity index (χ1v) is 10.4. The summed E-state index contributed by atoms with van der Waals surface area (Å²) in [5, 5.41) is 0. The van der Waals surface area contributed by atoms with Crippen molar-refractivity contribution in [2.24, 2.45) is 0 Å². The van der Waals surface area contributed by atoms with Crippen molar-refractivity contribution in [1.82, 2.24) is 15.0 Å². The van der Waals surface area contributed by atoms with Gasteiger partial charge in [-0.3, -0.25) is 9.71 Å². The molecule has 8 heteroatoms. The molecule has 2 N–H and O–H groups in total. The van der Waals surface area contributed by atoms with Crippen molar-refractivity contribution in [1.29, 1.82) is 0 Å². The van der Waals surface area contributed by atoms with Gasteiger partial charge in [-0.2, -0.15) is 4.57 Å². The lowest BCUT2D eigenvalue weighted by Gasteiger charge is -2.09. The average molecular weight is 402 g/mol. The van der Waals surface area contributed by atoms with E-state index < -0.39 is 10.0 Å². The van der Waals surface area contributed by atoms with E-state index in [2.05, 4.69) is 14.7 Å². The second kappa shape index (κ2) is 6.68. The molecule has 0 atom stereocenters. The summed E-state index contributed by atoms with van der Waals surface area (Å²) in [4.78, 5) is 12.6. The quantitative estimate of drug-likeness (QED) is 0.452. The molecule has 3 aromatic carbocycles.